The molecule has 2 heterocycles. The van der Waals surface area contributed by atoms with Crippen LogP contribution in [-0.2, 0) is 13.1 Å². The van der Waals surface area contributed by atoms with Gasteiger partial charge in [-0.25, -0.2) is 9.37 Å². The number of fused-ring (bicyclic) bond motifs is 1. The molecule has 0 saturated carbocycles. The Morgan fingerprint density at radius 3 is 2.76 bits per heavy atom. The van der Waals surface area contributed by atoms with E-state index in [4.69, 9.17) is 0 Å². The van der Waals surface area contributed by atoms with Gasteiger partial charge in [0.1, 0.15) is 17.6 Å². The van der Waals surface area contributed by atoms with Crippen molar-refractivity contribution in [2.45, 2.75) is 26.4 Å². The smallest absolute Gasteiger partial charge is 0.141 e. The van der Waals surface area contributed by atoms with Crippen molar-refractivity contribution in [2.75, 3.05) is 13.1 Å². The summed E-state index contributed by atoms with van der Waals surface area (Å²) < 4.78 is 14.4. The first-order chi connectivity index (χ1) is 14.0. The van der Waals surface area contributed by atoms with Gasteiger partial charge in [0.15, 0.2) is 0 Å². The molecule has 6 heteroatoms. The first-order valence-electron chi connectivity index (χ1n) is 9.49. The largest absolute Gasteiger partial charge is 0.381 e. The van der Waals surface area contributed by atoms with E-state index in [1.54, 1.807) is 18.2 Å². The summed E-state index contributed by atoms with van der Waals surface area (Å²) >= 11 is 0. The molecule has 0 fully saturated rings. The average molecular weight is 387 g/mol. The van der Waals surface area contributed by atoms with Gasteiger partial charge in [-0.15, -0.1) is 0 Å². The van der Waals surface area contributed by atoms with Crippen molar-refractivity contribution in [3.63, 3.8) is 0 Å². The Kier molecular flexibility index (Phi) is 6.39. The summed E-state index contributed by atoms with van der Waals surface area (Å²) in [6.07, 6.45) is 2.80. The van der Waals surface area contributed by atoms with Crippen LogP contribution in [-0.4, -0.2) is 23.0 Å². The van der Waals surface area contributed by atoms with E-state index in [2.05, 4.69) is 40.8 Å². The van der Waals surface area contributed by atoms with Crippen LogP contribution >= 0.6 is 0 Å². The minimum absolute atomic E-state index is 0.313. The maximum atomic E-state index is 14.4. The van der Waals surface area contributed by atoms with E-state index in [9.17, 15) is 14.9 Å². The number of aromatic nitrogens is 1. The molecule has 0 radical (unpaired) electrons. The number of allylic oxidation sites excluding steroid dienone is 1. The van der Waals surface area contributed by atoms with Crippen molar-refractivity contribution in [1.29, 1.82) is 10.5 Å². The SMILES string of the molecule is C=C1C=C(CN(CCC)Cc2c(F)cccc2C#N)c2nc(C#N)ccc2CN1. The van der Waals surface area contributed by atoms with Crippen LogP contribution in [0.5, 0.6) is 0 Å². The van der Waals surface area contributed by atoms with Gasteiger partial charge in [0, 0.05) is 30.9 Å². The highest BCUT2D eigenvalue weighted by atomic mass is 19.1. The Morgan fingerprint density at radius 2 is 2.03 bits per heavy atom. The predicted octanol–water partition coefficient (Wildman–Crippen LogP) is 3.88. The lowest BCUT2D eigenvalue weighted by Gasteiger charge is -2.24. The van der Waals surface area contributed by atoms with Crippen molar-refractivity contribution >= 4 is 5.57 Å². The van der Waals surface area contributed by atoms with Crippen molar-refractivity contribution in [1.82, 2.24) is 15.2 Å². The summed E-state index contributed by atoms with van der Waals surface area (Å²) in [4.78, 5) is 6.61. The standard InChI is InChI=1S/C23H22FN5/c1-3-9-29(15-21-17(11-25)5-4-6-22(21)24)14-19-10-16(2)27-13-18-7-8-20(12-26)28-23(18)19/h4-8,10,27H,2-3,9,13-15H2,1H3. The molecule has 146 valence electrons. The molecule has 0 bridgehead atoms. The van der Waals surface area contributed by atoms with Gasteiger partial charge in [-0.2, -0.15) is 10.5 Å². The highest BCUT2D eigenvalue weighted by Gasteiger charge is 2.19. The molecule has 29 heavy (non-hydrogen) atoms. The highest BCUT2D eigenvalue weighted by Crippen LogP contribution is 2.25. The molecule has 1 aromatic heterocycles. The van der Waals surface area contributed by atoms with Crippen molar-refractivity contribution in [3.05, 3.63) is 82.6 Å². The van der Waals surface area contributed by atoms with Crippen LogP contribution in [0.1, 0.15) is 41.4 Å². The molecular weight excluding hydrogens is 365 g/mol. The zero-order chi connectivity index (χ0) is 20.8. The number of pyridine rings is 1. The topological polar surface area (TPSA) is 75.7 Å². The third-order valence-corrected chi connectivity index (χ3v) is 4.81. The van der Waals surface area contributed by atoms with Gasteiger partial charge in [-0.3, -0.25) is 4.90 Å². The summed E-state index contributed by atoms with van der Waals surface area (Å²) in [6, 6.07) is 12.3. The lowest BCUT2D eigenvalue weighted by molar-refractivity contribution is 0.294. The molecule has 0 atom stereocenters. The molecule has 0 amide bonds. The molecule has 1 aromatic carbocycles. The van der Waals surface area contributed by atoms with Gasteiger partial charge in [0.05, 0.1) is 17.3 Å². The second-order valence-corrected chi connectivity index (χ2v) is 6.95. The maximum Gasteiger partial charge on any atom is 0.141 e. The van der Waals surface area contributed by atoms with E-state index in [1.165, 1.54) is 6.07 Å². The molecule has 1 aliphatic heterocycles. The third-order valence-electron chi connectivity index (χ3n) is 4.81. The minimum Gasteiger partial charge on any atom is -0.381 e. The molecule has 0 spiro atoms. The van der Waals surface area contributed by atoms with Crippen LogP contribution in [0.25, 0.3) is 5.57 Å². The van der Waals surface area contributed by atoms with Crippen molar-refractivity contribution in [2.24, 2.45) is 0 Å². The lowest BCUT2D eigenvalue weighted by atomic mass is 10.0. The fourth-order valence-corrected chi connectivity index (χ4v) is 3.45. The van der Waals surface area contributed by atoms with E-state index >= 15 is 0 Å². The van der Waals surface area contributed by atoms with E-state index in [0.717, 1.165) is 35.5 Å². The van der Waals surface area contributed by atoms with Crippen molar-refractivity contribution in [3.8, 4) is 12.1 Å². The average Bonchev–Trinajstić information content (AvgIpc) is 2.87. The third kappa shape index (κ3) is 4.68. The van der Waals surface area contributed by atoms with Gasteiger partial charge >= 0.3 is 0 Å². The van der Waals surface area contributed by atoms with Gasteiger partial charge in [0.2, 0.25) is 0 Å². The quantitative estimate of drug-likeness (QED) is 0.814. The zero-order valence-electron chi connectivity index (χ0n) is 16.4. The molecule has 0 saturated heterocycles. The second kappa shape index (κ2) is 9.14. The minimum atomic E-state index is -0.378. The molecule has 0 aliphatic carbocycles. The molecule has 0 unspecified atom stereocenters. The Hall–Kier alpha value is -3.48. The molecule has 2 aromatic rings. The van der Waals surface area contributed by atoms with E-state index in [0.29, 0.717) is 36.5 Å². The Morgan fingerprint density at radius 1 is 1.21 bits per heavy atom. The van der Waals surface area contributed by atoms with Crippen LogP contribution < -0.4 is 5.32 Å². The highest BCUT2D eigenvalue weighted by molar-refractivity contribution is 5.70. The van der Waals surface area contributed by atoms with Crippen LogP contribution in [0.3, 0.4) is 0 Å². The normalized spacial score (nSPS) is 13.0. The second-order valence-electron chi connectivity index (χ2n) is 6.95. The van der Waals surface area contributed by atoms with E-state index in [-0.39, 0.29) is 5.82 Å². The number of benzene rings is 1. The number of nitriles is 2. The summed E-state index contributed by atoms with van der Waals surface area (Å²) in [7, 11) is 0. The van der Waals surface area contributed by atoms with Crippen LogP contribution in [0.15, 0.2) is 48.7 Å². The number of rotatable bonds is 6. The Bertz CT molecular complexity index is 1040. The van der Waals surface area contributed by atoms with E-state index in [1.807, 2.05) is 12.1 Å². The summed E-state index contributed by atoms with van der Waals surface area (Å²) in [5.41, 5.74) is 4.50. The van der Waals surface area contributed by atoms with Crippen molar-refractivity contribution < 1.29 is 4.39 Å². The van der Waals surface area contributed by atoms with E-state index < -0.39 is 0 Å². The number of hydrogen-bond acceptors (Lipinski definition) is 5. The maximum absolute atomic E-state index is 14.4. The fraction of sp³-hybridized carbons (Fsp3) is 0.261. The molecule has 1 N–H and O–H groups in total. The molecule has 1 aliphatic rings. The fourth-order valence-electron chi connectivity index (χ4n) is 3.45. The van der Waals surface area contributed by atoms with Crippen LogP contribution in [0.4, 0.5) is 4.39 Å². The summed E-state index contributed by atoms with van der Waals surface area (Å²) in [5.74, 6) is -0.378. The van der Waals surface area contributed by atoms with Gasteiger partial charge in [0.25, 0.3) is 0 Å². The van der Waals surface area contributed by atoms with Gasteiger partial charge in [-0.1, -0.05) is 25.6 Å². The summed E-state index contributed by atoms with van der Waals surface area (Å²) in [6.45, 7) is 8.20. The first kappa shape index (κ1) is 20.3. The molecule has 5 nitrogen and oxygen atoms in total. The van der Waals surface area contributed by atoms with Crippen LogP contribution in [0.2, 0.25) is 0 Å². The Labute approximate surface area is 170 Å². The monoisotopic (exact) mass is 387 g/mol. The summed E-state index contributed by atoms with van der Waals surface area (Å²) in [5, 5.41) is 21.8. The van der Waals surface area contributed by atoms with Gasteiger partial charge < -0.3 is 5.32 Å². The number of hydrogen-bond donors (Lipinski definition) is 1. The van der Waals surface area contributed by atoms with Crippen LogP contribution in [0, 0.1) is 28.5 Å². The number of nitrogens with zero attached hydrogens (tertiary/aromatic N) is 4. The Balaban J connectivity index is 1.96. The lowest BCUT2D eigenvalue weighted by Crippen LogP contribution is -2.27. The first-order valence-corrected chi connectivity index (χ1v) is 9.49. The predicted molar refractivity (Wildman–Crippen MR) is 110 cm³/mol. The molecular formula is C23H22FN5. The zero-order valence-corrected chi connectivity index (χ0v) is 16.4. The molecule has 3 rings (SSSR count). The number of nitrogens with one attached hydrogen (secondary N) is 1. The van der Waals surface area contributed by atoms with Gasteiger partial charge in [-0.05, 0) is 48.4 Å². The number of halogens is 1.